The SMILES string of the molecule is C=CC[C@@]1(c2ccc(F)cc2)CCN([C@@H](C)c2ccc(C)cc2)C(=O)C1. The van der Waals surface area contributed by atoms with Crippen LogP contribution in [-0.4, -0.2) is 17.4 Å². The van der Waals surface area contributed by atoms with Crippen LogP contribution in [0.1, 0.15) is 48.9 Å². The predicted molar refractivity (Wildman–Crippen MR) is 103 cm³/mol. The normalized spacial score (nSPS) is 21.5. The van der Waals surface area contributed by atoms with Crippen molar-refractivity contribution in [1.82, 2.24) is 4.90 Å². The largest absolute Gasteiger partial charge is 0.336 e. The highest BCUT2D eigenvalue weighted by molar-refractivity contribution is 5.79. The Kier molecular flexibility index (Phi) is 5.26. The second-order valence-corrected chi connectivity index (χ2v) is 7.38. The molecule has 0 radical (unpaired) electrons. The fraction of sp³-hybridized carbons (Fsp3) is 0.348. The van der Waals surface area contributed by atoms with Crippen LogP contribution < -0.4 is 0 Å². The number of hydrogen-bond donors (Lipinski definition) is 0. The Morgan fingerprint density at radius 3 is 2.42 bits per heavy atom. The minimum absolute atomic E-state index is 0.0537. The molecule has 26 heavy (non-hydrogen) atoms. The molecule has 2 aromatic carbocycles. The first-order valence-electron chi connectivity index (χ1n) is 9.18. The zero-order valence-corrected chi connectivity index (χ0v) is 15.5. The van der Waals surface area contributed by atoms with E-state index < -0.39 is 0 Å². The maximum Gasteiger partial charge on any atom is 0.223 e. The molecule has 136 valence electrons. The first-order valence-corrected chi connectivity index (χ1v) is 9.18. The van der Waals surface area contributed by atoms with Crippen molar-refractivity contribution < 1.29 is 9.18 Å². The first-order chi connectivity index (χ1) is 12.4. The number of halogens is 1. The molecule has 2 aromatic rings. The van der Waals surface area contributed by atoms with Crippen LogP contribution in [0.5, 0.6) is 0 Å². The van der Waals surface area contributed by atoms with Gasteiger partial charge in [0, 0.05) is 18.4 Å². The number of amides is 1. The molecule has 1 aliphatic rings. The van der Waals surface area contributed by atoms with Crippen LogP contribution in [-0.2, 0) is 10.2 Å². The van der Waals surface area contributed by atoms with Crippen LogP contribution in [0.25, 0.3) is 0 Å². The Balaban J connectivity index is 1.83. The summed E-state index contributed by atoms with van der Waals surface area (Å²) in [6, 6.07) is 15.0. The molecule has 0 aliphatic carbocycles. The third-order valence-corrected chi connectivity index (χ3v) is 5.66. The summed E-state index contributed by atoms with van der Waals surface area (Å²) in [6.07, 6.45) is 3.88. The van der Waals surface area contributed by atoms with Crippen LogP contribution in [0.4, 0.5) is 4.39 Å². The minimum atomic E-state index is -0.282. The topological polar surface area (TPSA) is 20.3 Å². The second kappa shape index (κ2) is 7.45. The molecule has 2 nitrogen and oxygen atoms in total. The molecule has 3 heteroatoms. The van der Waals surface area contributed by atoms with E-state index >= 15 is 0 Å². The second-order valence-electron chi connectivity index (χ2n) is 7.38. The fourth-order valence-corrected chi connectivity index (χ4v) is 3.99. The first kappa shape index (κ1) is 18.4. The van der Waals surface area contributed by atoms with Gasteiger partial charge in [0.15, 0.2) is 0 Å². The highest BCUT2D eigenvalue weighted by atomic mass is 19.1. The lowest BCUT2D eigenvalue weighted by atomic mass is 9.70. The number of aryl methyl sites for hydroxylation is 1. The van der Waals surface area contributed by atoms with E-state index in [1.54, 1.807) is 0 Å². The van der Waals surface area contributed by atoms with Crippen molar-refractivity contribution in [3.8, 4) is 0 Å². The van der Waals surface area contributed by atoms with E-state index in [0.29, 0.717) is 13.0 Å². The highest BCUT2D eigenvalue weighted by Gasteiger charge is 2.40. The van der Waals surface area contributed by atoms with Crippen molar-refractivity contribution in [3.63, 3.8) is 0 Å². The van der Waals surface area contributed by atoms with Gasteiger partial charge in [-0.05, 0) is 49.9 Å². The molecule has 0 saturated carbocycles. The number of hydrogen-bond acceptors (Lipinski definition) is 1. The average Bonchev–Trinajstić information content (AvgIpc) is 2.63. The van der Waals surface area contributed by atoms with Gasteiger partial charge >= 0.3 is 0 Å². The van der Waals surface area contributed by atoms with Crippen LogP contribution in [0, 0.1) is 12.7 Å². The molecular weight excluding hydrogens is 325 g/mol. The number of piperidine rings is 1. The van der Waals surface area contributed by atoms with Crippen LogP contribution in [0.3, 0.4) is 0 Å². The van der Waals surface area contributed by atoms with Gasteiger partial charge in [-0.15, -0.1) is 6.58 Å². The van der Waals surface area contributed by atoms with Crippen LogP contribution in [0.2, 0.25) is 0 Å². The third-order valence-electron chi connectivity index (χ3n) is 5.66. The lowest BCUT2D eigenvalue weighted by Crippen LogP contribution is -2.47. The molecule has 0 unspecified atom stereocenters. The Morgan fingerprint density at radius 2 is 1.85 bits per heavy atom. The van der Waals surface area contributed by atoms with Gasteiger partial charge in [-0.1, -0.05) is 48.0 Å². The molecule has 0 spiro atoms. The Hall–Kier alpha value is -2.42. The zero-order valence-electron chi connectivity index (χ0n) is 15.5. The molecule has 2 atom stereocenters. The van der Waals surface area contributed by atoms with Crippen LogP contribution >= 0.6 is 0 Å². The summed E-state index contributed by atoms with van der Waals surface area (Å²) in [7, 11) is 0. The van der Waals surface area contributed by atoms with Gasteiger partial charge in [0.2, 0.25) is 5.91 Å². The number of allylic oxidation sites excluding steroid dienone is 1. The molecule has 3 rings (SSSR count). The molecule has 1 saturated heterocycles. The lowest BCUT2D eigenvalue weighted by Gasteiger charge is -2.43. The summed E-state index contributed by atoms with van der Waals surface area (Å²) in [4.78, 5) is 15.0. The molecule has 1 fully saturated rings. The van der Waals surface area contributed by atoms with E-state index in [4.69, 9.17) is 0 Å². The Labute approximate surface area is 155 Å². The van der Waals surface area contributed by atoms with Crippen molar-refractivity contribution in [2.45, 2.75) is 44.6 Å². The van der Waals surface area contributed by atoms with E-state index in [-0.39, 0.29) is 23.2 Å². The highest BCUT2D eigenvalue weighted by Crippen LogP contribution is 2.41. The van der Waals surface area contributed by atoms with E-state index in [2.05, 4.69) is 44.7 Å². The summed E-state index contributed by atoms with van der Waals surface area (Å²) in [6.45, 7) is 8.72. The van der Waals surface area contributed by atoms with E-state index in [1.165, 1.54) is 17.7 Å². The van der Waals surface area contributed by atoms with Gasteiger partial charge < -0.3 is 4.90 Å². The molecule has 1 amide bonds. The van der Waals surface area contributed by atoms with Gasteiger partial charge in [-0.3, -0.25) is 4.79 Å². The molecular formula is C23H26FNO. The summed E-state index contributed by atoms with van der Waals surface area (Å²) < 4.78 is 13.3. The van der Waals surface area contributed by atoms with Gasteiger partial charge in [0.1, 0.15) is 5.82 Å². The predicted octanol–water partition coefficient (Wildman–Crippen LogP) is 5.33. The average molecular weight is 351 g/mol. The molecule has 1 heterocycles. The monoisotopic (exact) mass is 351 g/mol. The number of nitrogens with zero attached hydrogens (tertiary/aromatic N) is 1. The van der Waals surface area contributed by atoms with Gasteiger partial charge in [-0.2, -0.15) is 0 Å². The minimum Gasteiger partial charge on any atom is -0.336 e. The summed E-state index contributed by atoms with van der Waals surface area (Å²) >= 11 is 0. The number of likely N-dealkylation sites (tertiary alicyclic amines) is 1. The molecule has 0 bridgehead atoms. The van der Waals surface area contributed by atoms with E-state index in [0.717, 1.165) is 24.0 Å². The van der Waals surface area contributed by atoms with Crippen molar-refractivity contribution in [2.75, 3.05) is 6.54 Å². The fourth-order valence-electron chi connectivity index (χ4n) is 3.99. The van der Waals surface area contributed by atoms with Crippen molar-refractivity contribution >= 4 is 5.91 Å². The zero-order chi connectivity index (χ0) is 18.7. The summed E-state index contributed by atoms with van der Waals surface area (Å²) in [5.41, 5.74) is 3.11. The lowest BCUT2D eigenvalue weighted by molar-refractivity contribution is -0.138. The number of carbonyl (C=O) groups excluding carboxylic acids is 1. The van der Waals surface area contributed by atoms with Gasteiger partial charge in [0.05, 0.1) is 6.04 Å². The van der Waals surface area contributed by atoms with E-state index in [9.17, 15) is 9.18 Å². The third kappa shape index (κ3) is 3.57. The number of rotatable bonds is 5. The standard InChI is InChI=1S/C23H26FNO/c1-4-13-23(20-9-11-21(24)12-10-20)14-15-25(22(26)16-23)18(3)19-7-5-17(2)6-8-19/h4-12,18H,1,13-16H2,2-3H3/t18-,23+/m0/s1. The molecule has 1 aliphatic heterocycles. The number of benzene rings is 2. The van der Waals surface area contributed by atoms with Crippen molar-refractivity contribution in [3.05, 3.63) is 83.7 Å². The smallest absolute Gasteiger partial charge is 0.223 e. The Bertz CT molecular complexity index is 781. The maximum atomic E-state index is 13.3. The van der Waals surface area contributed by atoms with Gasteiger partial charge in [0.25, 0.3) is 0 Å². The quantitative estimate of drug-likeness (QED) is 0.667. The maximum absolute atomic E-state index is 13.3. The molecule has 0 N–H and O–H groups in total. The Morgan fingerprint density at radius 1 is 1.19 bits per heavy atom. The summed E-state index contributed by atoms with van der Waals surface area (Å²) in [5.74, 6) is -0.102. The van der Waals surface area contributed by atoms with Crippen LogP contribution in [0.15, 0.2) is 61.2 Å². The van der Waals surface area contributed by atoms with Gasteiger partial charge in [-0.25, -0.2) is 4.39 Å². The van der Waals surface area contributed by atoms with E-state index in [1.807, 2.05) is 23.1 Å². The van der Waals surface area contributed by atoms with Crippen molar-refractivity contribution in [2.24, 2.45) is 0 Å². The van der Waals surface area contributed by atoms with Crippen molar-refractivity contribution in [1.29, 1.82) is 0 Å². The molecule has 0 aromatic heterocycles. The number of carbonyl (C=O) groups is 1. The summed E-state index contributed by atoms with van der Waals surface area (Å²) in [5, 5.41) is 0.